The van der Waals surface area contributed by atoms with Crippen molar-refractivity contribution in [3.63, 3.8) is 0 Å². The molecule has 5 rings (SSSR count). The van der Waals surface area contributed by atoms with E-state index < -0.39 is 0 Å². The quantitative estimate of drug-likeness (QED) is 0.529. The van der Waals surface area contributed by atoms with Crippen LogP contribution in [-0.4, -0.2) is 51.9 Å². The molecule has 158 valence electrons. The summed E-state index contributed by atoms with van der Waals surface area (Å²) in [4.78, 5) is 37.3. The maximum Gasteiger partial charge on any atom is 0.289 e. The van der Waals surface area contributed by atoms with Gasteiger partial charge < -0.3 is 14.3 Å². The average molecular weight is 438 g/mol. The number of carbonyl (C=O) groups excluding carboxylic acids is 1. The summed E-state index contributed by atoms with van der Waals surface area (Å²) in [5.41, 5.74) is 1.34. The summed E-state index contributed by atoms with van der Waals surface area (Å²) in [6.07, 6.45) is 1.49. The van der Waals surface area contributed by atoms with Crippen LogP contribution in [0.1, 0.15) is 16.4 Å². The number of thiophene rings is 1. The smallest absolute Gasteiger partial charge is 0.289 e. The van der Waals surface area contributed by atoms with E-state index in [1.54, 1.807) is 29.2 Å². The van der Waals surface area contributed by atoms with Crippen LogP contribution in [0, 0.1) is 5.82 Å². The molecule has 1 saturated heterocycles. The molecule has 3 aromatic heterocycles. The van der Waals surface area contributed by atoms with Crippen molar-refractivity contribution in [2.75, 3.05) is 26.2 Å². The van der Waals surface area contributed by atoms with Crippen LogP contribution in [0.15, 0.2) is 57.3 Å². The minimum Gasteiger partial charge on any atom is -0.459 e. The Labute approximate surface area is 180 Å². The first-order valence-electron chi connectivity index (χ1n) is 9.90. The van der Waals surface area contributed by atoms with E-state index in [0.29, 0.717) is 54.5 Å². The molecule has 0 bridgehead atoms. The highest BCUT2D eigenvalue weighted by atomic mass is 32.1. The zero-order chi connectivity index (χ0) is 21.4. The van der Waals surface area contributed by atoms with Crippen molar-refractivity contribution in [3.05, 3.63) is 75.8 Å². The van der Waals surface area contributed by atoms with Gasteiger partial charge in [0, 0.05) is 37.1 Å². The second-order valence-corrected chi connectivity index (χ2v) is 8.25. The number of fused-ring (bicyclic) bond motifs is 1. The molecule has 7 nitrogen and oxygen atoms in total. The van der Waals surface area contributed by atoms with Crippen LogP contribution in [0.4, 0.5) is 4.39 Å². The van der Waals surface area contributed by atoms with E-state index in [2.05, 4.69) is 14.9 Å². The maximum absolute atomic E-state index is 13.2. The zero-order valence-corrected chi connectivity index (χ0v) is 17.3. The number of aromatic nitrogens is 2. The van der Waals surface area contributed by atoms with E-state index in [1.165, 1.54) is 29.7 Å². The number of aromatic amines is 1. The van der Waals surface area contributed by atoms with Gasteiger partial charge in [-0.2, -0.15) is 0 Å². The van der Waals surface area contributed by atoms with Gasteiger partial charge >= 0.3 is 0 Å². The number of furan rings is 1. The van der Waals surface area contributed by atoms with Crippen molar-refractivity contribution in [2.24, 2.45) is 0 Å². The number of hydrogen-bond donors (Lipinski definition) is 1. The lowest BCUT2D eigenvalue weighted by molar-refractivity contribution is 0.0595. The number of hydrogen-bond acceptors (Lipinski definition) is 6. The Morgan fingerprint density at radius 2 is 1.94 bits per heavy atom. The first-order valence-corrected chi connectivity index (χ1v) is 10.8. The van der Waals surface area contributed by atoms with Crippen LogP contribution in [0.5, 0.6) is 0 Å². The van der Waals surface area contributed by atoms with Gasteiger partial charge in [0.2, 0.25) is 0 Å². The highest BCUT2D eigenvalue weighted by molar-refractivity contribution is 7.17. The van der Waals surface area contributed by atoms with Crippen LogP contribution in [0.3, 0.4) is 0 Å². The Balaban J connectivity index is 1.30. The number of piperazine rings is 1. The van der Waals surface area contributed by atoms with Crippen LogP contribution >= 0.6 is 11.3 Å². The molecule has 9 heteroatoms. The van der Waals surface area contributed by atoms with Gasteiger partial charge in [0.25, 0.3) is 11.5 Å². The van der Waals surface area contributed by atoms with Gasteiger partial charge in [-0.25, -0.2) is 9.37 Å². The van der Waals surface area contributed by atoms with Gasteiger partial charge in [0.1, 0.15) is 16.5 Å². The van der Waals surface area contributed by atoms with Crippen LogP contribution in [0.25, 0.3) is 21.3 Å². The fraction of sp³-hybridized carbons (Fsp3) is 0.227. The van der Waals surface area contributed by atoms with Crippen LogP contribution in [-0.2, 0) is 6.54 Å². The summed E-state index contributed by atoms with van der Waals surface area (Å²) >= 11 is 1.40. The van der Waals surface area contributed by atoms with Crippen molar-refractivity contribution in [1.82, 2.24) is 19.8 Å². The third kappa shape index (κ3) is 3.89. The molecule has 4 heterocycles. The Morgan fingerprint density at radius 3 is 2.65 bits per heavy atom. The minimum atomic E-state index is -0.316. The van der Waals surface area contributed by atoms with Crippen LogP contribution in [0.2, 0.25) is 0 Å². The van der Waals surface area contributed by atoms with Crippen LogP contribution < -0.4 is 5.56 Å². The van der Waals surface area contributed by atoms with Crippen molar-refractivity contribution in [1.29, 1.82) is 0 Å². The molecule has 0 spiro atoms. The Morgan fingerprint density at radius 1 is 1.16 bits per heavy atom. The van der Waals surface area contributed by atoms with E-state index in [4.69, 9.17) is 4.42 Å². The molecule has 1 aliphatic heterocycles. The highest BCUT2D eigenvalue weighted by Crippen LogP contribution is 2.30. The number of H-pyrrole nitrogens is 1. The standard InChI is InChI=1S/C22H19FN4O3S/c23-15-5-3-14(4-6-15)16-13-31-21-19(16)20(28)24-18(25-21)12-26-7-9-27(10-8-26)22(29)17-2-1-11-30-17/h1-6,11,13H,7-10,12H2,(H,24,25,28). The second-order valence-electron chi connectivity index (χ2n) is 7.39. The molecule has 1 N–H and O–H groups in total. The predicted molar refractivity (Wildman–Crippen MR) is 116 cm³/mol. The van der Waals surface area contributed by atoms with Gasteiger partial charge in [-0.15, -0.1) is 11.3 Å². The Bertz CT molecular complexity index is 1270. The number of benzene rings is 1. The first kappa shape index (κ1) is 19.7. The van der Waals surface area contributed by atoms with Crippen molar-refractivity contribution in [3.8, 4) is 11.1 Å². The predicted octanol–water partition coefficient (Wildman–Crippen LogP) is 3.34. The monoisotopic (exact) mass is 438 g/mol. The van der Waals surface area contributed by atoms with Crippen molar-refractivity contribution >= 4 is 27.5 Å². The summed E-state index contributed by atoms with van der Waals surface area (Å²) in [7, 11) is 0. The normalized spacial score (nSPS) is 14.9. The SMILES string of the molecule is O=C(c1ccco1)N1CCN(Cc2nc3scc(-c4ccc(F)cc4)c3c(=O)[nH]2)CC1. The highest BCUT2D eigenvalue weighted by Gasteiger charge is 2.24. The largest absolute Gasteiger partial charge is 0.459 e. The Hall–Kier alpha value is -3.30. The number of rotatable bonds is 4. The van der Waals surface area contributed by atoms with E-state index in [9.17, 15) is 14.0 Å². The molecule has 1 aliphatic rings. The number of nitrogens with zero attached hydrogens (tertiary/aromatic N) is 3. The molecule has 0 radical (unpaired) electrons. The van der Waals surface area contributed by atoms with E-state index in [-0.39, 0.29) is 17.3 Å². The summed E-state index contributed by atoms with van der Waals surface area (Å²) in [6.45, 7) is 3.02. The lowest BCUT2D eigenvalue weighted by Crippen LogP contribution is -2.48. The lowest BCUT2D eigenvalue weighted by Gasteiger charge is -2.33. The second kappa shape index (κ2) is 8.09. The Kier molecular flexibility index (Phi) is 5.13. The number of halogens is 1. The fourth-order valence-corrected chi connectivity index (χ4v) is 4.75. The molecule has 1 aromatic carbocycles. The first-order chi connectivity index (χ1) is 15.1. The number of carbonyl (C=O) groups is 1. The number of nitrogens with one attached hydrogen (secondary N) is 1. The molecule has 0 saturated carbocycles. The molecule has 0 aliphatic carbocycles. The molecule has 4 aromatic rings. The van der Waals surface area contributed by atoms with Gasteiger partial charge in [-0.05, 0) is 29.8 Å². The molecular weight excluding hydrogens is 419 g/mol. The van der Waals surface area contributed by atoms with Gasteiger partial charge in [0.05, 0.1) is 18.2 Å². The third-order valence-corrected chi connectivity index (χ3v) is 6.29. The van der Waals surface area contributed by atoms with Gasteiger partial charge in [-0.3, -0.25) is 14.5 Å². The molecular formula is C22H19FN4O3S. The summed E-state index contributed by atoms with van der Waals surface area (Å²) in [5, 5.41) is 2.40. The van der Waals surface area contributed by atoms with Gasteiger partial charge in [-0.1, -0.05) is 12.1 Å². The van der Waals surface area contributed by atoms with E-state index in [0.717, 1.165) is 11.1 Å². The molecule has 0 atom stereocenters. The van der Waals surface area contributed by atoms with Gasteiger partial charge in [0.15, 0.2) is 5.76 Å². The molecule has 31 heavy (non-hydrogen) atoms. The average Bonchev–Trinajstić information content (AvgIpc) is 3.45. The van der Waals surface area contributed by atoms with E-state index in [1.807, 2.05) is 5.38 Å². The summed E-state index contributed by atoms with van der Waals surface area (Å²) in [5.74, 6) is 0.517. The van der Waals surface area contributed by atoms with Crippen molar-refractivity contribution < 1.29 is 13.6 Å². The summed E-state index contributed by atoms with van der Waals surface area (Å²) in [6, 6.07) is 9.45. The fourth-order valence-electron chi connectivity index (χ4n) is 3.79. The maximum atomic E-state index is 13.2. The van der Waals surface area contributed by atoms with Crippen molar-refractivity contribution in [2.45, 2.75) is 6.54 Å². The van der Waals surface area contributed by atoms with E-state index >= 15 is 0 Å². The molecule has 1 fully saturated rings. The molecule has 0 unspecified atom stereocenters. The zero-order valence-electron chi connectivity index (χ0n) is 16.5. The lowest BCUT2D eigenvalue weighted by atomic mass is 10.1. The minimum absolute atomic E-state index is 0.107. The summed E-state index contributed by atoms with van der Waals surface area (Å²) < 4.78 is 18.4. The molecule has 1 amide bonds. The topological polar surface area (TPSA) is 82.4 Å². The third-order valence-electron chi connectivity index (χ3n) is 5.41. The number of amides is 1.